The van der Waals surface area contributed by atoms with Gasteiger partial charge in [0.1, 0.15) is 5.56 Å². The van der Waals surface area contributed by atoms with Gasteiger partial charge in [0, 0.05) is 57.2 Å². The molecule has 0 bridgehead atoms. The third-order valence-electron chi connectivity index (χ3n) is 4.86. The zero-order valence-corrected chi connectivity index (χ0v) is 14.6. The zero-order chi connectivity index (χ0) is 15.8. The van der Waals surface area contributed by atoms with Crippen LogP contribution in [0.4, 0.5) is 0 Å². The maximum atomic E-state index is 12.9. The van der Waals surface area contributed by atoms with Gasteiger partial charge in [-0.2, -0.15) is 5.10 Å². The van der Waals surface area contributed by atoms with Crippen LogP contribution < -0.4 is 5.32 Å². The van der Waals surface area contributed by atoms with Gasteiger partial charge >= 0.3 is 0 Å². The Balaban J connectivity index is 0.00000169. The van der Waals surface area contributed by atoms with E-state index in [0.717, 1.165) is 51.4 Å². The molecule has 2 aromatic rings. The molecule has 0 spiro atoms. The lowest BCUT2D eigenvalue weighted by molar-refractivity contribution is 0.0775. The van der Waals surface area contributed by atoms with Crippen molar-refractivity contribution in [3.8, 4) is 0 Å². The van der Waals surface area contributed by atoms with Crippen LogP contribution in [-0.4, -0.2) is 75.6 Å². The van der Waals surface area contributed by atoms with E-state index in [4.69, 9.17) is 0 Å². The number of carbonyl (C=O) groups is 1. The van der Waals surface area contributed by atoms with E-state index in [1.807, 2.05) is 24.1 Å². The maximum absolute atomic E-state index is 12.9. The quantitative estimate of drug-likeness (QED) is 0.858. The maximum Gasteiger partial charge on any atom is 0.259 e. The number of hydrogen-bond acceptors (Lipinski definition) is 5. The standard InChI is InChI=1S/C16H22N6O.ClH/c1-12-2-7-22-15(19-12)14(10-18-22)16(23)21-6-3-13(11-21)20-8-4-17-5-9-20;/h2,7,10,13,17H,3-6,8-9,11H2,1H3;1H. The largest absolute Gasteiger partial charge is 0.337 e. The minimum absolute atomic E-state index is 0. The van der Waals surface area contributed by atoms with Crippen molar-refractivity contribution in [1.82, 2.24) is 29.7 Å². The normalized spacial score (nSPS) is 21.9. The number of aryl methyl sites for hydroxylation is 1. The van der Waals surface area contributed by atoms with Gasteiger partial charge in [0.15, 0.2) is 5.65 Å². The van der Waals surface area contributed by atoms with E-state index >= 15 is 0 Å². The van der Waals surface area contributed by atoms with Crippen LogP contribution in [0.25, 0.3) is 5.65 Å². The molecule has 2 saturated heterocycles. The molecule has 0 aliphatic carbocycles. The van der Waals surface area contributed by atoms with E-state index in [-0.39, 0.29) is 18.3 Å². The molecule has 2 aliphatic heterocycles. The number of nitrogens with one attached hydrogen (secondary N) is 1. The van der Waals surface area contributed by atoms with Gasteiger partial charge in [-0.15, -0.1) is 12.4 Å². The van der Waals surface area contributed by atoms with Gasteiger partial charge in [-0.3, -0.25) is 9.69 Å². The van der Waals surface area contributed by atoms with E-state index < -0.39 is 0 Å². The fourth-order valence-corrected chi connectivity index (χ4v) is 3.55. The van der Waals surface area contributed by atoms with E-state index in [0.29, 0.717) is 17.3 Å². The highest BCUT2D eigenvalue weighted by Gasteiger charge is 2.32. The van der Waals surface area contributed by atoms with Crippen LogP contribution >= 0.6 is 12.4 Å². The number of piperazine rings is 1. The van der Waals surface area contributed by atoms with Crippen molar-refractivity contribution in [2.75, 3.05) is 39.3 Å². The minimum atomic E-state index is 0. The summed E-state index contributed by atoms with van der Waals surface area (Å²) in [6.45, 7) is 7.79. The first kappa shape index (κ1) is 17.1. The Morgan fingerprint density at radius 3 is 2.88 bits per heavy atom. The molecule has 1 amide bonds. The van der Waals surface area contributed by atoms with E-state index in [1.54, 1.807) is 10.7 Å². The summed E-state index contributed by atoms with van der Waals surface area (Å²) in [5, 5.41) is 7.63. The van der Waals surface area contributed by atoms with Gasteiger partial charge < -0.3 is 10.2 Å². The van der Waals surface area contributed by atoms with Crippen molar-refractivity contribution in [3.05, 3.63) is 29.7 Å². The number of aromatic nitrogens is 3. The van der Waals surface area contributed by atoms with Crippen LogP contribution in [0.1, 0.15) is 22.5 Å². The lowest BCUT2D eigenvalue weighted by atomic mass is 10.2. The van der Waals surface area contributed by atoms with Crippen LogP contribution in [0.2, 0.25) is 0 Å². The molecule has 4 rings (SSSR count). The predicted octanol–water partition coefficient (Wildman–Crippen LogP) is 0.579. The van der Waals surface area contributed by atoms with Gasteiger partial charge in [-0.1, -0.05) is 0 Å². The number of hydrogen-bond donors (Lipinski definition) is 1. The molecule has 0 saturated carbocycles. The van der Waals surface area contributed by atoms with Crippen molar-refractivity contribution in [1.29, 1.82) is 0 Å². The van der Waals surface area contributed by atoms with Crippen LogP contribution in [0.5, 0.6) is 0 Å². The molecule has 130 valence electrons. The van der Waals surface area contributed by atoms with Crippen molar-refractivity contribution in [2.45, 2.75) is 19.4 Å². The highest BCUT2D eigenvalue weighted by molar-refractivity contribution is 5.99. The van der Waals surface area contributed by atoms with Crippen LogP contribution in [0, 0.1) is 6.92 Å². The molecule has 0 radical (unpaired) electrons. The summed E-state index contributed by atoms with van der Waals surface area (Å²) >= 11 is 0. The first-order valence-corrected chi connectivity index (χ1v) is 8.27. The second-order valence-electron chi connectivity index (χ2n) is 6.37. The zero-order valence-electron chi connectivity index (χ0n) is 13.8. The number of amides is 1. The molecular formula is C16H23ClN6O. The number of nitrogens with zero attached hydrogens (tertiary/aromatic N) is 5. The van der Waals surface area contributed by atoms with Gasteiger partial charge in [-0.05, 0) is 19.4 Å². The molecular weight excluding hydrogens is 328 g/mol. The summed E-state index contributed by atoms with van der Waals surface area (Å²) in [5.41, 5.74) is 2.16. The molecule has 2 aromatic heterocycles. The third kappa shape index (κ3) is 3.11. The molecule has 8 heteroatoms. The topological polar surface area (TPSA) is 65.8 Å². The fraction of sp³-hybridized carbons (Fsp3) is 0.562. The Kier molecular flexibility index (Phi) is 5.03. The smallest absolute Gasteiger partial charge is 0.259 e. The number of likely N-dealkylation sites (tertiary alicyclic amines) is 1. The second kappa shape index (κ2) is 7.04. The van der Waals surface area contributed by atoms with E-state index in [1.165, 1.54) is 0 Å². The summed E-state index contributed by atoms with van der Waals surface area (Å²) in [6, 6.07) is 2.38. The van der Waals surface area contributed by atoms with Gasteiger partial charge in [0.05, 0.1) is 6.20 Å². The molecule has 4 heterocycles. The van der Waals surface area contributed by atoms with Crippen LogP contribution in [0.15, 0.2) is 18.5 Å². The van der Waals surface area contributed by atoms with Crippen molar-refractivity contribution >= 4 is 24.0 Å². The first-order valence-electron chi connectivity index (χ1n) is 8.27. The Labute approximate surface area is 147 Å². The molecule has 2 aliphatic rings. The highest BCUT2D eigenvalue weighted by atomic mass is 35.5. The molecule has 7 nitrogen and oxygen atoms in total. The molecule has 1 unspecified atom stereocenters. The average Bonchev–Trinajstić information content (AvgIpc) is 3.22. The number of halogens is 1. The molecule has 0 aromatic carbocycles. The summed E-state index contributed by atoms with van der Waals surface area (Å²) in [4.78, 5) is 21.8. The lowest BCUT2D eigenvalue weighted by Crippen LogP contribution is -2.49. The Morgan fingerprint density at radius 2 is 2.08 bits per heavy atom. The summed E-state index contributed by atoms with van der Waals surface area (Å²) in [5.74, 6) is 0.0516. The van der Waals surface area contributed by atoms with E-state index in [9.17, 15) is 4.79 Å². The number of rotatable bonds is 2. The van der Waals surface area contributed by atoms with Gasteiger partial charge in [-0.25, -0.2) is 9.50 Å². The Morgan fingerprint density at radius 1 is 1.29 bits per heavy atom. The predicted molar refractivity (Wildman–Crippen MR) is 93.7 cm³/mol. The Hall–Kier alpha value is -1.70. The summed E-state index contributed by atoms with van der Waals surface area (Å²) < 4.78 is 1.67. The first-order chi connectivity index (χ1) is 11.2. The summed E-state index contributed by atoms with van der Waals surface area (Å²) in [6.07, 6.45) is 4.54. The molecule has 2 fully saturated rings. The summed E-state index contributed by atoms with van der Waals surface area (Å²) in [7, 11) is 0. The monoisotopic (exact) mass is 350 g/mol. The SMILES string of the molecule is Cc1ccn2ncc(C(=O)N3CCC(N4CCNCC4)C3)c2n1.Cl. The van der Waals surface area contributed by atoms with Gasteiger partial charge in [0.25, 0.3) is 5.91 Å². The third-order valence-corrected chi connectivity index (χ3v) is 4.86. The van der Waals surface area contributed by atoms with Crippen LogP contribution in [0.3, 0.4) is 0 Å². The van der Waals surface area contributed by atoms with Crippen LogP contribution in [-0.2, 0) is 0 Å². The molecule has 1 N–H and O–H groups in total. The molecule has 1 atom stereocenters. The van der Waals surface area contributed by atoms with Crippen molar-refractivity contribution < 1.29 is 4.79 Å². The van der Waals surface area contributed by atoms with Crippen molar-refractivity contribution in [2.24, 2.45) is 0 Å². The van der Waals surface area contributed by atoms with Crippen molar-refractivity contribution in [3.63, 3.8) is 0 Å². The average molecular weight is 351 g/mol. The molecule has 24 heavy (non-hydrogen) atoms. The lowest BCUT2D eigenvalue weighted by Gasteiger charge is -2.32. The minimum Gasteiger partial charge on any atom is -0.337 e. The van der Waals surface area contributed by atoms with E-state index in [2.05, 4.69) is 20.3 Å². The highest BCUT2D eigenvalue weighted by Crippen LogP contribution is 2.20. The fourth-order valence-electron chi connectivity index (χ4n) is 3.55. The van der Waals surface area contributed by atoms with Gasteiger partial charge in [0.2, 0.25) is 0 Å². The Bertz CT molecular complexity index is 726. The second-order valence-corrected chi connectivity index (χ2v) is 6.37. The number of carbonyl (C=O) groups excluding carboxylic acids is 1. The number of fused-ring (bicyclic) bond motifs is 1.